The molecule has 21 heavy (non-hydrogen) atoms. The van der Waals surface area contributed by atoms with Crippen molar-refractivity contribution in [3.05, 3.63) is 59.2 Å². The van der Waals surface area contributed by atoms with E-state index >= 15 is 0 Å². The second kappa shape index (κ2) is 6.47. The Hall–Kier alpha value is -2.96. The molecule has 0 fully saturated rings. The lowest BCUT2D eigenvalue weighted by Gasteiger charge is -2.05. The number of aliphatic carboxylic acids is 1. The second-order valence-corrected chi connectivity index (χ2v) is 4.07. The Morgan fingerprint density at radius 1 is 1.38 bits per heavy atom. The van der Waals surface area contributed by atoms with Gasteiger partial charge in [-0.1, -0.05) is 11.2 Å². The topological polar surface area (TPSA) is 92.4 Å². The first-order valence-corrected chi connectivity index (χ1v) is 5.94. The molecular weight excluding hydrogens is 279 g/mol. The molecule has 1 amide bonds. The average Bonchev–Trinajstić information content (AvgIpc) is 2.97. The molecule has 0 bridgehead atoms. The monoisotopic (exact) mass is 290 g/mol. The molecule has 7 heteroatoms. The summed E-state index contributed by atoms with van der Waals surface area (Å²) < 4.78 is 18.5. The molecule has 2 rings (SSSR count). The van der Waals surface area contributed by atoms with Gasteiger partial charge >= 0.3 is 5.97 Å². The Balaban J connectivity index is 2.12. The van der Waals surface area contributed by atoms with Gasteiger partial charge in [0.25, 0.3) is 5.91 Å². The first-order valence-electron chi connectivity index (χ1n) is 5.94. The van der Waals surface area contributed by atoms with Crippen LogP contribution in [0, 0.1) is 5.82 Å². The van der Waals surface area contributed by atoms with Gasteiger partial charge in [-0.15, -0.1) is 0 Å². The molecule has 1 heterocycles. The van der Waals surface area contributed by atoms with Crippen LogP contribution in [0.5, 0.6) is 0 Å². The molecule has 1 aromatic carbocycles. The van der Waals surface area contributed by atoms with Crippen molar-refractivity contribution >= 4 is 18.0 Å². The number of carbonyl (C=O) groups is 2. The van der Waals surface area contributed by atoms with Gasteiger partial charge in [-0.2, -0.15) is 0 Å². The number of halogens is 1. The molecular formula is C14H11FN2O4. The predicted octanol–water partition coefficient (Wildman–Crippen LogP) is 1.84. The van der Waals surface area contributed by atoms with Crippen molar-refractivity contribution in [1.82, 2.24) is 10.5 Å². The van der Waals surface area contributed by atoms with E-state index in [4.69, 9.17) is 9.63 Å². The van der Waals surface area contributed by atoms with Crippen molar-refractivity contribution in [3.63, 3.8) is 0 Å². The number of aromatic nitrogens is 1. The fourth-order valence-electron chi connectivity index (χ4n) is 1.58. The van der Waals surface area contributed by atoms with Crippen LogP contribution in [-0.4, -0.2) is 22.1 Å². The van der Waals surface area contributed by atoms with E-state index in [1.165, 1.54) is 24.4 Å². The van der Waals surface area contributed by atoms with Crippen LogP contribution in [0.15, 0.2) is 41.1 Å². The zero-order valence-corrected chi connectivity index (χ0v) is 10.7. The minimum absolute atomic E-state index is 0.0769. The average molecular weight is 290 g/mol. The van der Waals surface area contributed by atoms with Gasteiger partial charge < -0.3 is 14.9 Å². The van der Waals surface area contributed by atoms with Crippen molar-refractivity contribution in [1.29, 1.82) is 0 Å². The minimum atomic E-state index is -1.13. The van der Waals surface area contributed by atoms with E-state index < -0.39 is 17.7 Å². The number of carboxylic acids is 1. The summed E-state index contributed by atoms with van der Waals surface area (Å²) >= 11 is 0. The van der Waals surface area contributed by atoms with Crippen LogP contribution in [0.25, 0.3) is 6.08 Å². The molecule has 2 N–H and O–H groups in total. The molecule has 0 radical (unpaired) electrons. The third-order valence-electron chi connectivity index (χ3n) is 2.57. The molecule has 0 spiro atoms. The third kappa shape index (κ3) is 4.00. The number of hydrogen-bond acceptors (Lipinski definition) is 4. The second-order valence-electron chi connectivity index (χ2n) is 4.07. The van der Waals surface area contributed by atoms with E-state index in [1.807, 2.05) is 0 Å². The lowest BCUT2D eigenvalue weighted by molar-refractivity contribution is -0.131. The van der Waals surface area contributed by atoms with Crippen molar-refractivity contribution in [2.75, 3.05) is 0 Å². The number of nitrogens with one attached hydrogen (secondary N) is 1. The summed E-state index contributed by atoms with van der Waals surface area (Å²) in [6, 6.07) is 5.32. The highest BCUT2D eigenvalue weighted by atomic mass is 19.1. The van der Waals surface area contributed by atoms with E-state index in [9.17, 15) is 14.0 Å². The van der Waals surface area contributed by atoms with Gasteiger partial charge in [0, 0.05) is 12.1 Å². The predicted molar refractivity (Wildman–Crippen MR) is 70.7 cm³/mol. The summed E-state index contributed by atoms with van der Waals surface area (Å²) in [7, 11) is 0. The Bertz CT molecular complexity index is 680. The Labute approximate surface area is 118 Å². The van der Waals surface area contributed by atoms with Gasteiger partial charge in [0.05, 0.1) is 18.3 Å². The van der Waals surface area contributed by atoms with E-state index in [2.05, 4.69) is 10.5 Å². The fraction of sp³-hybridized carbons (Fsp3) is 0.0714. The molecule has 108 valence electrons. The highest BCUT2D eigenvalue weighted by molar-refractivity contribution is 5.95. The highest BCUT2D eigenvalue weighted by Crippen LogP contribution is 2.12. The van der Waals surface area contributed by atoms with E-state index in [0.29, 0.717) is 11.3 Å². The maximum absolute atomic E-state index is 13.6. The Kier molecular flexibility index (Phi) is 4.45. The molecule has 0 aliphatic carbocycles. The van der Waals surface area contributed by atoms with Crippen molar-refractivity contribution in [2.45, 2.75) is 6.54 Å². The maximum Gasteiger partial charge on any atom is 0.328 e. The quantitative estimate of drug-likeness (QED) is 0.820. The summed E-state index contributed by atoms with van der Waals surface area (Å²) in [5.74, 6) is -2.02. The molecule has 0 aliphatic heterocycles. The van der Waals surface area contributed by atoms with Crippen molar-refractivity contribution in [3.8, 4) is 0 Å². The fourth-order valence-corrected chi connectivity index (χ4v) is 1.58. The third-order valence-corrected chi connectivity index (χ3v) is 2.57. The van der Waals surface area contributed by atoms with Crippen LogP contribution in [0.3, 0.4) is 0 Å². The first kappa shape index (κ1) is 14.4. The zero-order valence-electron chi connectivity index (χ0n) is 10.7. The number of carbonyl (C=O) groups excluding carboxylic acids is 1. The highest BCUT2D eigenvalue weighted by Gasteiger charge is 2.12. The number of carboxylic acid groups (broad SMARTS) is 1. The number of benzene rings is 1. The molecule has 0 atom stereocenters. The van der Waals surface area contributed by atoms with Gasteiger partial charge in [-0.05, 0) is 23.8 Å². The maximum atomic E-state index is 13.6. The lowest BCUT2D eigenvalue weighted by Crippen LogP contribution is -2.23. The zero-order chi connectivity index (χ0) is 15.2. The summed E-state index contributed by atoms with van der Waals surface area (Å²) in [5.41, 5.74) is 0.227. The summed E-state index contributed by atoms with van der Waals surface area (Å²) in [6.07, 6.45) is 3.61. The molecule has 2 aromatic rings. The molecule has 6 nitrogen and oxygen atoms in total. The number of hydrogen-bond donors (Lipinski definition) is 2. The van der Waals surface area contributed by atoms with Gasteiger partial charge in [0.15, 0.2) is 5.76 Å². The molecule has 0 aliphatic rings. The van der Waals surface area contributed by atoms with E-state index in [0.717, 1.165) is 12.1 Å². The molecule has 0 saturated carbocycles. The smallest absolute Gasteiger partial charge is 0.328 e. The van der Waals surface area contributed by atoms with Crippen LogP contribution in [0.2, 0.25) is 0 Å². The van der Waals surface area contributed by atoms with Gasteiger partial charge in [0.1, 0.15) is 5.82 Å². The summed E-state index contributed by atoms with van der Waals surface area (Å²) in [4.78, 5) is 22.3. The molecule has 0 unspecified atom stereocenters. The van der Waals surface area contributed by atoms with Crippen LogP contribution >= 0.6 is 0 Å². The van der Waals surface area contributed by atoms with Crippen molar-refractivity contribution < 1.29 is 23.6 Å². The summed E-state index contributed by atoms with van der Waals surface area (Å²) in [5, 5.41) is 14.5. The number of rotatable bonds is 5. The minimum Gasteiger partial charge on any atom is -0.478 e. The van der Waals surface area contributed by atoms with E-state index in [1.54, 1.807) is 6.07 Å². The Morgan fingerprint density at radius 2 is 2.19 bits per heavy atom. The van der Waals surface area contributed by atoms with Crippen LogP contribution in [0.1, 0.15) is 21.7 Å². The Morgan fingerprint density at radius 3 is 2.86 bits per heavy atom. The van der Waals surface area contributed by atoms with Crippen LogP contribution < -0.4 is 5.32 Å². The van der Waals surface area contributed by atoms with Gasteiger partial charge in [0.2, 0.25) is 0 Å². The molecule has 1 aromatic heterocycles. The largest absolute Gasteiger partial charge is 0.478 e. The van der Waals surface area contributed by atoms with Crippen LogP contribution in [0.4, 0.5) is 4.39 Å². The molecule has 0 saturated heterocycles. The normalized spacial score (nSPS) is 10.7. The van der Waals surface area contributed by atoms with E-state index in [-0.39, 0.29) is 12.1 Å². The standard InChI is InChI=1S/C14H11FN2O4/c15-12-3-1-9(2-4-13(18)19)7-11(12)14(20)16-8-10-5-6-17-21-10/h1-7H,8H2,(H,16,20)(H,18,19)/b4-2+. The summed E-state index contributed by atoms with van der Waals surface area (Å²) in [6.45, 7) is 0.0769. The lowest BCUT2D eigenvalue weighted by atomic mass is 10.1. The number of amides is 1. The number of nitrogens with zero attached hydrogens (tertiary/aromatic N) is 1. The van der Waals surface area contributed by atoms with Crippen LogP contribution in [-0.2, 0) is 11.3 Å². The SMILES string of the molecule is O=C(O)/C=C/c1ccc(F)c(C(=O)NCc2ccno2)c1. The van der Waals surface area contributed by atoms with Crippen molar-refractivity contribution in [2.24, 2.45) is 0 Å². The van der Waals surface area contributed by atoms with Gasteiger partial charge in [-0.3, -0.25) is 4.79 Å². The van der Waals surface area contributed by atoms with Gasteiger partial charge in [-0.25, -0.2) is 9.18 Å². The first-order chi connectivity index (χ1) is 10.1.